The molecule has 1 aliphatic rings. The van der Waals surface area contributed by atoms with E-state index in [4.69, 9.17) is 10.5 Å². The molecule has 1 aromatic heterocycles. The zero-order valence-electron chi connectivity index (χ0n) is 12.8. The lowest BCUT2D eigenvalue weighted by Gasteiger charge is -2.59. The average molecular weight is 295 g/mol. The number of rotatable bonds is 5. The molecule has 20 heavy (non-hydrogen) atoms. The van der Waals surface area contributed by atoms with Gasteiger partial charge in [0, 0.05) is 36.4 Å². The van der Waals surface area contributed by atoms with Crippen molar-refractivity contribution >= 4 is 17.3 Å². The lowest BCUT2D eigenvalue weighted by Crippen LogP contribution is -2.69. The molecule has 0 radical (unpaired) electrons. The van der Waals surface area contributed by atoms with E-state index in [2.05, 4.69) is 48.6 Å². The molecule has 1 aromatic rings. The molecule has 2 atom stereocenters. The number of hydrogen-bond acceptors (Lipinski definition) is 3. The smallest absolute Gasteiger partial charge is 0.188 e. The van der Waals surface area contributed by atoms with Gasteiger partial charge in [-0.05, 0) is 24.8 Å². The van der Waals surface area contributed by atoms with Crippen LogP contribution in [0.1, 0.15) is 32.1 Å². The van der Waals surface area contributed by atoms with Gasteiger partial charge in [0.05, 0.1) is 5.60 Å². The third kappa shape index (κ3) is 2.83. The van der Waals surface area contributed by atoms with Crippen LogP contribution in [0.4, 0.5) is 0 Å². The van der Waals surface area contributed by atoms with E-state index >= 15 is 0 Å². The molecule has 1 saturated carbocycles. The van der Waals surface area contributed by atoms with Gasteiger partial charge in [-0.15, -0.1) is 11.3 Å². The monoisotopic (exact) mass is 295 g/mol. The SMILES string of the molecule is COC1(C)CC(NC(N)=NCCc2cccs2)C1(C)C. The Balaban J connectivity index is 1.82. The number of ether oxygens (including phenoxy) is 1. The second kappa shape index (κ2) is 5.74. The highest BCUT2D eigenvalue weighted by Crippen LogP contribution is 2.51. The quantitative estimate of drug-likeness (QED) is 0.648. The summed E-state index contributed by atoms with van der Waals surface area (Å²) in [6.45, 7) is 7.29. The molecule has 0 amide bonds. The van der Waals surface area contributed by atoms with Crippen molar-refractivity contribution in [1.82, 2.24) is 5.32 Å². The molecule has 2 unspecified atom stereocenters. The average Bonchev–Trinajstić information content (AvgIpc) is 2.91. The van der Waals surface area contributed by atoms with E-state index in [0.29, 0.717) is 12.0 Å². The molecule has 0 spiro atoms. The summed E-state index contributed by atoms with van der Waals surface area (Å²) in [5.41, 5.74) is 5.95. The van der Waals surface area contributed by atoms with Crippen molar-refractivity contribution in [1.29, 1.82) is 0 Å². The number of nitrogens with zero attached hydrogens (tertiary/aromatic N) is 1. The number of nitrogens with one attached hydrogen (secondary N) is 1. The molecule has 1 heterocycles. The topological polar surface area (TPSA) is 59.6 Å². The largest absolute Gasteiger partial charge is 0.378 e. The highest BCUT2D eigenvalue weighted by molar-refractivity contribution is 7.09. The summed E-state index contributed by atoms with van der Waals surface area (Å²) >= 11 is 1.76. The minimum Gasteiger partial charge on any atom is -0.378 e. The summed E-state index contributed by atoms with van der Waals surface area (Å²) < 4.78 is 5.61. The van der Waals surface area contributed by atoms with E-state index in [1.165, 1.54) is 4.88 Å². The Morgan fingerprint density at radius 3 is 2.85 bits per heavy atom. The van der Waals surface area contributed by atoms with Gasteiger partial charge in [-0.1, -0.05) is 19.9 Å². The van der Waals surface area contributed by atoms with E-state index in [0.717, 1.165) is 19.4 Å². The van der Waals surface area contributed by atoms with Gasteiger partial charge in [0.15, 0.2) is 5.96 Å². The van der Waals surface area contributed by atoms with Gasteiger partial charge in [0.2, 0.25) is 0 Å². The second-order valence-electron chi connectivity index (χ2n) is 6.15. The normalized spacial score (nSPS) is 29.0. The molecule has 3 N–H and O–H groups in total. The Bertz CT molecular complexity index is 469. The van der Waals surface area contributed by atoms with Crippen LogP contribution in [0.2, 0.25) is 0 Å². The Morgan fingerprint density at radius 1 is 1.55 bits per heavy atom. The van der Waals surface area contributed by atoms with Crippen molar-refractivity contribution in [2.75, 3.05) is 13.7 Å². The molecule has 1 aliphatic carbocycles. The number of aliphatic imine (C=N–C) groups is 1. The van der Waals surface area contributed by atoms with Crippen LogP contribution in [0.15, 0.2) is 22.5 Å². The molecule has 0 bridgehead atoms. The van der Waals surface area contributed by atoms with Crippen molar-refractivity contribution in [2.45, 2.75) is 45.3 Å². The molecule has 0 saturated heterocycles. The van der Waals surface area contributed by atoms with Crippen LogP contribution >= 0.6 is 11.3 Å². The fourth-order valence-electron chi connectivity index (χ4n) is 2.69. The third-order valence-electron chi connectivity index (χ3n) is 4.82. The Hall–Kier alpha value is -1.07. The van der Waals surface area contributed by atoms with E-state index < -0.39 is 0 Å². The van der Waals surface area contributed by atoms with Crippen LogP contribution in [-0.2, 0) is 11.2 Å². The maximum atomic E-state index is 5.98. The van der Waals surface area contributed by atoms with Crippen molar-refractivity contribution in [2.24, 2.45) is 16.1 Å². The summed E-state index contributed by atoms with van der Waals surface area (Å²) in [6, 6.07) is 4.51. The molecule has 0 aromatic carbocycles. The number of guanidine groups is 1. The van der Waals surface area contributed by atoms with Gasteiger partial charge < -0.3 is 15.8 Å². The van der Waals surface area contributed by atoms with Crippen LogP contribution in [0, 0.1) is 5.41 Å². The number of methoxy groups -OCH3 is 1. The highest BCUT2D eigenvalue weighted by Gasteiger charge is 2.57. The van der Waals surface area contributed by atoms with E-state index in [1.807, 2.05) is 0 Å². The van der Waals surface area contributed by atoms with Gasteiger partial charge in [0.1, 0.15) is 0 Å². The molecule has 0 aliphatic heterocycles. The van der Waals surface area contributed by atoms with E-state index in [-0.39, 0.29) is 11.0 Å². The molecule has 4 nitrogen and oxygen atoms in total. The van der Waals surface area contributed by atoms with Crippen molar-refractivity contribution < 1.29 is 4.74 Å². The third-order valence-corrected chi connectivity index (χ3v) is 5.76. The first kappa shape index (κ1) is 15.3. The Morgan fingerprint density at radius 2 is 2.30 bits per heavy atom. The van der Waals surface area contributed by atoms with Gasteiger partial charge in [-0.3, -0.25) is 4.99 Å². The van der Waals surface area contributed by atoms with Crippen LogP contribution in [0.3, 0.4) is 0 Å². The van der Waals surface area contributed by atoms with Crippen LogP contribution < -0.4 is 11.1 Å². The zero-order chi connectivity index (χ0) is 14.8. The predicted octanol–water partition coefficient (Wildman–Crippen LogP) is 2.40. The molecular weight excluding hydrogens is 270 g/mol. The predicted molar refractivity (Wildman–Crippen MR) is 85.2 cm³/mol. The van der Waals surface area contributed by atoms with E-state index in [1.54, 1.807) is 18.4 Å². The summed E-state index contributed by atoms with van der Waals surface area (Å²) in [7, 11) is 1.77. The lowest BCUT2D eigenvalue weighted by molar-refractivity contribution is -0.176. The maximum Gasteiger partial charge on any atom is 0.188 e. The summed E-state index contributed by atoms with van der Waals surface area (Å²) in [5.74, 6) is 0.540. The fraction of sp³-hybridized carbons (Fsp3) is 0.667. The summed E-state index contributed by atoms with van der Waals surface area (Å²) in [5, 5.41) is 5.41. The van der Waals surface area contributed by atoms with Crippen molar-refractivity contribution in [3.63, 3.8) is 0 Å². The van der Waals surface area contributed by atoms with Crippen molar-refractivity contribution in [3.05, 3.63) is 22.4 Å². The van der Waals surface area contributed by atoms with Gasteiger partial charge in [-0.2, -0.15) is 0 Å². The lowest BCUT2D eigenvalue weighted by atomic mass is 9.56. The van der Waals surface area contributed by atoms with Gasteiger partial charge >= 0.3 is 0 Å². The Labute approximate surface area is 125 Å². The van der Waals surface area contributed by atoms with Crippen LogP contribution in [-0.4, -0.2) is 31.3 Å². The number of nitrogens with two attached hydrogens (primary N) is 1. The first-order valence-corrected chi connectivity index (χ1v) is 7.91. The minimum absolute atomic E-state index is 0.0512. The molecule has 1 fully saturated rings. The number of hydrogen-bond donors (Lipinski definition) is 2. The van der Waals surface area contributed by atoms with Crippen LogP contribution in [0.5, 0.6) is 0 Å². The second-order valence-corrected chi connectivity index (χ2v) is 7.19. The standard InChI is InChI=1S/C15H25N3OS/c1-14(2)12(10-15(14,3)19-4)18-13(16)17-8-7-11-6-5-9-20-11/h5-6,9,12H,7-8,10H2,1-4H3,(H3,16,17,18). The molecule has 2 rings (SSSR count). The number of thiophene rings is 1. The summed E-state index contributed by atoms with van der Waals surface area (Å²) in [4.78, 5) is 5.75. The first-order valence-electron chi connectivity index (χ1n) is 7.03. The zero-order valence-corrected chi connectivity index (χ0v) is 13.6. The fourth-order valence-corrected chi connectivity index (χ4v) is 3.39. The molecule has 112 valence electrons. The van der Waals surface area contributed by atoms with Gasteiger partial charge in [0.25, 0.3) is 0 Å². The van der Waals surface area contributed by atoms with Crippen LogP contribution in [0.25, 0.3) is 0 Å². The maximum absolute atomic E-state index is 5.98. The van der Waals surface area contributed by atoms with Crippen molar-refractivity contribution in [3.8, 4) is 0 Å². The molecule has 5 heteroatoms. The summed E-state index contributed by atoms with van der Waals surface area (Å²) in [6.07, 6.45) is 1.90. The minimum atomic E-state index is -0.0814. The first-order chi connectivity index (χ1) is 9.39. The molecular formula is C15H25N3OS. The van der Waals surface area contributed by atoms with Gasteiger partial charge in [-0.25, -0.2) is 0 Å². The van der Waals surface area contributed by atoms with E-state index in [9.17, 15) is 0 Å². The highest BCUT2D eigenvalue weighted by atomic mass is 32.1. The Kier molecular flexibility index (Phi) is 4.39.